The number of amides is 1. The molecule has 0 saturated carbocycles. The van der Waals surface area contributed by atoms with E-state index in [9.17, 15) is 4.79 Å². The Kier molecular flexibility index (Phi) is 5.22. The maximum Gasteiger partial charge on any atom is 0.246 e. The van der Waals surface area contributed by atoms with Gasteiger partial charge in [-0.05, 0) is 55.5 Å². The first-order chi connectivity index (χ1) is 10.1. The van der Waals surface area contributed by atoms with E-state index in [-0.39, 0.29) is 11.9 Å². The van der Waals surface area contributed by atoms with Crippen molar-refractivity contribution in [2.45, 2.75) is 13.0 Å². The number of methoxy groups -OCH3 is 1. The number of hydrogen-bond acceptors (Lipinski definition) is 3. The zero-order valence-electron chi connectivity index (χ0n) is 11.9. The predicted octanol–water partition coefficient (Wildman–Crippen LogP) is 3.90. The van der Waals surface area contributed by atoms with Crippen molar-refractivity contribution >= 4 is 33.2 Å². The van der Waals surface area contributed by atoms with Gasteiger partial charge in [-0.25, -0.2) is 0 Å². The van der Waals surface area contributed by atoms with Crippen LogP contribution in [0.4, 0.5) is 11.4 Å². The van der Waals surface area contributed by atoms with E-state index in [0.29, 0.717) is 0 Å². The average Bonchev–Trinajstić information content (AvgIpc) is 2.50. The molecule has 0 unspecified atom stereocenters. The predicted molar refractivity (Wildman–Crippen MR) is 88.9 cm³/mol. The Labute approximate surface area is 132 Å². The third-order valence-electron chi connectivity index (χ3n) is 2.98. The first-order valence-electron chi connectivity index (χ1n) is 6.55. The summed E-state index contributed by atoms with van der Waals surface area (Å²) in [5.41, 5.74) is 1.64. The topological polar surface area (TPSA) is 50.4 Å². The van der Waals surface area contributed by atoms with E-state index in [2.05, 4.69) is 26.6 Å². The zero-order chi connectivity index (χ0) is 15.2. The quantitative estimate of drug-likeness (QED) is 0.861. The molecule has 2 aromatic rings. The number of carbonyl (C=O) groups excluding carboxylic acids is 1. The molecule has 0 saturated heterocycles. The van der Waals surface area contributed by atoms with Crippen LogP contribution < -0.4 is 15.4 Å². The van der Waals surface area contributed by atoms with Crippen LogP contribution in [0.3, 0.4) is 0 Å². The summed E-state index contributed by atoms with van der Waals surface area (Å²) >= 11 is 3.36. The SMILES string of the molecule is COc1ccc(N[C@@H](C)C(=O)Nc2ccc(Br)cc2)cc1. The molecule has 0 heterocycles. The molecular formula is C16H17BrN2O2. The highest BCUT2D eigenvalue weighted by atomic mass is 79.9. The molecule has 5 heteroatoms. The standard InChI is InChI=1S/C16H17BrN2O2/c1-11(18-13-7-9-15(21-2)10-8-13)16(20)19-14-5-3-12(17)4-6-14/h3-11,18H,1-2H3,(H,19,20)/t11-/m0/s1. The highest BCUT2D eigenvalue weighted by Crippen LogP contribution is 2.17. The molecule has 0 aliphatic heterocycles. The smallest absolute Gasteiger partial charge is 0.246 e. The highest BCUT2D eigenvalue weighted by Gasteiger charge is 2.12. The molecule has 110 valence electrons. The monoisotopic (exact) mass is 348 g/mol. The first kappa shape index (κ1) is 15.4. The Morgan fingerprint density at radius 3 is 2.19 bits per heavy atom. The van der Waals surface area contributed by atoms with Gasteiger partial charge in [0.15, 0.2) is 0 Å². The van der Waals surface area contributed by atoms with Gasteiger partial charge in [0.2, 0.25) is 5.91 Å². The van der Waals surface area contributed by atoms with Gasteiger partial charge in [0.25, 0.3) is 0 Å². The summed E-state index contributed by atoms with van der Waals surface area (Å²) in [6, 6.07) is 14.6. The van der Waals surface area contributed by atoms with E-state index in [4.69, 9.17) is 4.74 Å². The number of nitrogens with one attached hydrogen (secondary N) is 2. The van der Waals surface area contributed by atoms with E-state index in [0.717, 1.165) is 21.6 Å². The van der Waals surface area contributed by atoms with Crippen molar-refractivity contribution in [3.8, 4) is 5.75 Å². The summed E-state index contributed by atoms with van der Waals surface area (Å²) in [4.78, 5) is 12.1. The molecule has 1 atom stereocenters. The van der Waals surface area contributed by atoms with Crippen LogP contribution in [0.25, 0.3) is 0 Å². The van der Waals surface area contributed by atoms with Gasteiger partial charge in [0.05, 0.1) is 7.11 Å². The maximum atomic E-state index is 12.1. The van der Waals surface area contributed by atoms with Gasteiger partial charge in [-0.15, -0.1) is 0 Å². The largest absolute Gasteiger partial charge is 0.497 e. The summed E-state index contributed by atoms with van der Waals surface area (Å²) in [5, 5.41) is 6.01. The second-order valence-corrected chi connectivity index (χ2v) is 5.51. The Hall–Kier alpha value is -2.01. The van der Waals surface area contributed by atoms with E-state index < -0.39 is 0 Å². The van der Waals surface area contributed by atoms with Crippen LogP contribution in [0.1, 0.15) is 6.92 Å². The molecule has 2 N–H and O–H groups in total. The van der Waals surface area contributed by atoms with Gasteiger partial charge in [-0.2, -0.15) is 0 Å². The van der Waals surface area contributed by atoms with E-state index >= 15 is 0 Å². The average molecular weight is 349 g/mol. The maximum absolute atomic E-state index is 12.1. The molecule has 0 spiro atoms. The summed E-state index contributed by atoms with van der Waals surface area (Å²) in [6.07, 6.45) is 0. The van der Waals surface area contributed by atoms with Crippen molar-refractivity contribution in [2.24, 2.45) is 0 Å². The minimum Gasteiger partial charge on any atom is -0.497 e. The lowest BCUT2D eigenvalue weighted by Crippen LogP contribution is -2.31. The minimum atomic E-state index is -0.345. The number of carbonyl (C=O) groups is 1. The number of benzene rings is 2. The van der Waals surface area contributed by atoms with Crippen LogP contribution in [-0.4, -0.2) is 19.1 Å². The van der Waals surface area contributed by atoms with Gasteiger partial charge < -0.3 is 15.4 Å². The van der Waals surface area contributed by atoms with Gasteiger partial charge in [-0.3, -0.25) is 4.79 Å². The first-order valence-corrected chi connectivity index (χ1v) is 7.35. The summed E-state index contributed by atoms with van der Waals surface area (Å²) in [6.45, 7) is 1.82. The Bertz CT molecular complexity index is 597. The summed E-state index contributed by atoms with van der Waals surface area (Å²) in [7, 11) is 1.62. The van der Waals surface area contributed by atoms with Crippen molar-refractivity contribution in [1.82, 2.24) is 0 Å². The van der Waals surface area contributed by atoms with Gasteiger partial charge in [0.1, 0.15) is 11.8 Å². The lowest BCUT2D eigenvalue weighted by Gasteiger charge is -2.15. The lowest BCUT2D eigenvalue weighted by atomic mass is 10.2. The summed E-state index contributed by atoms with van der Waals surface area (Å²) in [5.74, 6) is 0.695. The van der Waals surface area contributed by atoms with Crippen molar-refractivity contribution in [2.75, 3.05) is 17.7 Å². The van der Waals surface area contributed by atoms with Gasteiger partial charge in [0, 0.05) is 15.8 Å². The third kappa shape index (κ3) is 4.49. The molecule has 0 bridgehead atoms. The molecule has 0 fully saturated rings. The van der Waals surface area contributed by atoms with Crippen LogP contribution >= 0.6 is 15.9 Å². The summed E-state index contributed by atoms with van der Waals surface area (Å²) < 4.78 is 6.08. The van der Waals surface area contributed by atoms with E-state index in [1.807, 2.05) is 55.5 Å². The molecule has 0 radical (unpaired) electrons. The Morgan fingerprint density at radius 1 is 1.05 bits per heavy atom. The van der Waals surface area contributed by atoms with Crippen molar-refractivity contribution < 1.29 is 9.53 Å². The van der Waals surface area contributed by atoms with Crippen molar-refractivity contribution in [3.63, 3.8) is 0 Å². The highest BCUT2D eigenvalue weighted by molar-refractivity contribution is 9.10. The molecule has 4 nitrogen and oxygen atoms in total. The number of halogens is 1. The molecular weight excluding hydrogens is 332 g/mol. The molecule has 0 aliphatic carbocycles. The number of ether oxygens (including phenoxy) is 1. The lowest BCUT2D eigenvalue weighted by molar-refractivity contribution is -0.116. The van der Waals surface area contributed by atoms with E-state index in [1.165, 1.54) is 0 Å². The van der Waals surface area contributed by atoms with Crippen LogP contribution in [0.15, 0.2) is 53.0 Å². The molecule has 2 aromatic carbocycles. The van der Waals surface area contributed by atoms with E-state index in [1.54, 1.807) is 7.11 Å². The Balaban J connectivity index is 1.93. The molecule has 1 amide bonds. The molecule has 0 aliphatic rings. The molecule has 0 aromatic heterocycles. The van der Waals surface area contributed by atoms with Crippen molar-refractivity contribution in [1.29, 1.82) is 0 Å². The van der Waals surface area contributed by atoms with Gasteiger partial charge in [-0.1, -0.05) is 15.9 Å². The van der Waals surface area contributed by atoms with Crippen LogP contribution in [-0.2, 0) is 4.79 Å². The molecule has 21 heavy (non-hydrogen) atoms. The molecule has 2 rings (SSSR count). The third-order valence-corrected chi connectivity index (χ3v) is 3.51. The number of anilines is 2. The van der Waals surface area contributed by atoms with Gasteiger partial charge >= 0.3 is 0 Å². The zero-order valence-corrected chi connectivity index (χ0v) is 13.5. The normalized spacial score (nSPS) is 11.6. The second kappa shape index (κ2) is 7.13. The van der Waals surface area contributed by atoms with Crippen LogP contribution in [0, 0.1) is 0 Å². The van der Waals surface area contributed by atoms with Crippen LogP contribution in [0.2, 0.25) is 0 Å². The minimum absolute atomic E-state index is 0.0897. The fraction of sp³-hybridized carbons (Fsp3) is 0.188. The number of rotatable bonds is 5. The fourth-order valence-corrected chi connectivity index (χ4v) is 2.05. The van der Waals surface area contributed by atoms with Crippen molar-refractivity contribution in [3.05, 3.63) is 53.0 Å². The number of hydrogen-bond donors (Lipinski definition) is 2. The van der Waals surface area contributed by atoms with Crippen LogP contribution in [0.5, 0.6) is 5.75 Å². The Morgan fingerprint density at radius 2 is 1.62 bits per heavy atom. The fourth-order valence-electron chi connectivity index (χ4n) is 1.79. The second-order valence-electron chi connectivity index (χ2n) is 4.59.